The first-order valence-corrected chi connectivity index (χ1v) is 8.45. The van der Waals surface area contributed by atoms with E-state index in [0.717, 1.165) is 31.6 Å². The van der Waals surface area contributed by atoms with E-state index >= 15 is 0 Å². The van der Waals surface area contributed by atoms with Gasteiger partial charge in [-0.15, -0.1) is 5.10 Å². The number of hydrogen-bond donors (Lipinski definition) is 1. The first kappa shape index (κ1) is 16.4. The van der Waals surface area contributed by atoms with Crippen LogP contribution in [0.4, 0.5) is 4.79 Å². The summed E-state index contributed by atoms with van der Waals surface area (Å²) in [4.78, 5) is 14.4. The maximum Gasteiger partial charge on any atom is 0.317 e. The third kappa shape index (κ3) is 3.90. The van der Waals surface area contributed by atoms with Crippen molar-refractivity contribution < 1.29 is 4.79 Å². The average Bonchev–Trinajstić information content (AvgIpc) is 3.19. The number of aromatic nitrogens is 4. The van der Waals surface area contributed by atoms with Crippen molar-refractivity contribution in [3.63, 3.8) is 0 Å². The van der Waals surface area contributed by atoms with Gasteiger partial charge in [0.2, 0.25) is 0 Å². The molecule has 7 nitrogen and oxygen atoms in total. The molecule has 1 aromatic carbocycles. The summed E-state index contributed by atoms with van der Waals surface area (Å²) < 4.78 is 1.63. The molecule has 1 unspecified atom stereocenters. The Balaban J connectivity index is 1.51. The molecule has 0 radical (unpaired) electrons. The Morgan fingerprint density at radius 3 is 2.83 bits per heavy atom. The highest BCUT2D eigenvalue weighted by atomic mass is 16.2. The lowest BCUT2D eigenvalue weighted by Gasteiger charge is -2.25. The predicted molar refractivity (Wildman–Crippen MR) is 90.5 cm³/mol. The third-order valence-electron chi connectivity index (χ3n) is 4.56. The van der Waals surface area contributed by atoms with Crippen LogP contribution in [0, 0.1) is 6.92 Å². The van der Waals surface area contributed by atoms with Gasteiger partial charge in [-0.1, -0.05) is 29.8 Å². The summed E-state index contributed by atoms with van der Waals surface area (Å²) in [6.45, 7) is 3.46. The van der Waals surface area contributed by atoms with Crippen LogP contribution in [0.15, 0.2) is 24.3 Å². The number of aryl methyl sites for hydroxylation is 2. The van der Waals surface area contributed by atoms with Crippen LogP contribution in [0.25, 0.3) is 0 Å². The molecule has 0 saturated carbocycles. The lowest BCUT2D eigenvalue weighted by atomic mass is 10.0. The number of nitrogens with one attached hydrogen (secondary N) is 1. The van der Waals surface area contributed by atoms with Crippen molar-refractivity contribution in [3.8, 4) is 0 Å². The molecule has 1 atom stereocenters. The van der Waals surface area contributed by atoms with Gasteiger partial charge in [0.05, 0.1) is 0 Å². The monoisotopic (exact) mass is 328 g/mol. The van der Waals surface area contributed by atoms with E-state index < -0.39 is 0 Å². The van der Waals surface area contributed by atoms with Gasteiger partial charge < -0.3 is 10.2 Å². The van der Waals surface area contributed by atoms with Crippen molar-refractivity contribution in [2.45, 2.75) is 38.6 Å². The fraction of sp³-hybridized carbons (Fsp3) is 0.529. The molecule has 7 heteroatoms. The molecule has 1 aliphatic rings. The molecule has 2 aromatic rings. The Morgan fingerprint density at radius 2 is 2.12 bits per heavy atom. The van der Waals surface area contributed by atoms with E-state index in [1.54, 1.807) is 11.7 Å². The van der Waals surface area contributed by atoms with Gasteiger partial charge in [0.1, 0.15) is 0 Å². The number of likely N-dealkylation sites (tertiary alicyclic amines) is 1. The van der Waals surface area contributed by atoms with Gasteiger partial charge in [0.15, 0.2) is 5.82 Å². The summed E-state index contributed by atoms with van der Waals surface area (Å²) in [6, 6.07) is 8.87. The van der Waals surface area contributed by atoms with E-state index in [4.69, 9.17) is 0 Å². The predicted octanol–water partition coefficient (Wildman–Crippen LogP) is 1.48. The molecule has 3 rings (SSSR count). The van der Waals surface area contributed by atoms with Gasteiger partial charge in [0.25, 0.3) is 0 Å². The fourth-order valence-corrected chi connectivity index (χ4v) is 3.15. The minimum Gasteiger partial charge on any atom is -0.338 e. The molecule has 1 N–H and O–H groups in total. The van der Waals surface area contributed by atoms with Gasteiger partial charge in [-0.2, -0.15) is 0 Å². The molecule has 128 valence electrons. The molecule has 0 aliphatic carbocycles. The molecule has 2 heterocycles. The Morgan fingerprint density at radius 1 is 1.33 bits per heavy atom. The number of tetrazole rings is 1. The summed E-state index contributed by atoms with van der Waals surface area (Å²) in [6.07, 6.45) is 3.68. The molecular weight excluding hydrogens is 304 g/mol. The molecule has 1 fully saturated rings. The van der Waals surface area contributed by atoms with E-state index in [9.17, 15) is 4.79 Å². The van der Waals surface area contributed by atoms with E-state index in [-0.39, 0.29) is 12.1 Å². The summed E-state index contributed by atoms with van der Waals surface area (Å²) in [7, 11) is 1.80. The molecule has 1 aliphatic heterocycles. The minimum atomic E-state index is 0.0136. The molecule has 0 spiro atoms. The largest absolute Gasteiger partial charge is 0.338 e. The number of amides is 2. The second kappa shape index (κ2) is 7.42. The maximum atomic E-state index is 12.5. The zero-order valence-corrected chi connectivity index (χ0v) is 14.3. The lowest BCUT2D eigenvalue weighted by molar-refractivity contribution is 0.192. The second-order valence-corrected chi connectivity index (χ2v) is 6.38. The zero-order valence-electron chi connectivity index (χ0n) is 14.3. The molecule has 1 aromatic heterocycles. The lowest BCUT2D eigenvalue weighted by Crippen LogP contribution is -2.44. The number of benzene rings is 1. The van der Waals surface area contributed by atoms with Crippen LogP contribution < -0.4 is 5.32 Å². The van der Waals surface area contributed by atoms with Crippen LogP contribution in [-0.2, 0) is 19.9 Å². The maximum absolute atomic E-state index is 12.5. The Labute approximate surface area is 142 Å². The Hall–Kier alpha value is -2.44. The van der Waals surface area contributed by atoms with E-state index in [2.05, 4.69) is 52.0 Å². The van der Waals surface area contributed by atoms with E-state index in [1.165, 1.54) is 11.1 Å². The highest BCUT2D eigenvalue weighted by molar-refractivity contribution is 5.74. The van der Waals surface area contributed by atoms with Crippen LogP contribution in [0.1, 0.15) is 29.8 Å². The first-order valence-electron chi connectivity index (χ1n) is 8.45. The van der Waals surface area contributed by atoms with Crippen LogP contribution >= 0.6 is 0 Å². The number of hydrogen-bond acceptors (Lipinski definition) is 4. The molecule has 24 heavy (non-hydrogen) atoms. The number of carbonyl (C=O) groups excluding carboxylic acids is 1. The third-order valence-corrected chi connectivity index (χ3v) is 4.56. The Bertz CT molecular complexity index is 681. The van der Waals surface area contributed by atoms with Crippen molar-refractivity contribution in [1.82, 2.24) is 30.4 Å². The molecule has 1 saturated heterocycles. The van der Waals surface area contributed by atoms with Gasteiger partial charge >= 0.3 is 6.03 Å². The number of rotatable bonds is 5. The smallest absolute Gasteiger partial charge is 0.317 e. The van der Waals surface area contributed by atoms with Crippen LogP contribution in [0.2, 0.25) is 0 Å². The molecule has 2 amide bonds. The summed E-state index contributed by atoms with van der Waals surface area (Å²) >= 11 is 0. The highest BCUT2D eigenvalue weighted by Gasteiger charge is 2.28. The van der Waals surface area contributed by atoms with Crippen LogP contribution in [0.5, 0.6) is 0 Å². The fourth-order valence-electron chi connectivity index (χ4n) is 3.15. The minimum absolute atomic E-state index is 0.0136. The molecule has 0 bridgehead atoms. The number of nitrogens with zero attached hydrogens (tertiary/aromatic N) is 5. The first-order chi connectivity index (χ1) is 11.6. The van der Waals surface area contributed by atoms with Gasteiger partial charge in [-0.25, -0.2) is 9.48 Å². The topological polar surface area (TPSA) is 75.9 Å². The van der Waals surface area contributed by atoms with Gasteiger partial charge in [-0.05, 0) is 42.2 Å². The summed E-state index contributed by atoms with van der Waals surface area (Å²) in [5, 5.41) is 14.3. The van der Waals surface area contributed by atoms with Gasteiger partial charge in [0, 0.05) is 32.6 Å². The average molecular weight is 328 g/mol. The summed E-state index contributed by atoms with van der Waals surface area (Å²) in [5.74, 6) is 0.771. The van der Waals surface area contributed by atoms with Crippen molar-refractivity contribution in [3.05, 3.63) is 41.2 Å². The van der Waals surface area contributed by atoms with E-state index in [1.807, 2.05) is 4.90 Å². The quantitative estimate of drug-likeness (QED) is 0.902. The highest BCUT2D eigenvalue weighted by Crippen LogP contribution is 2.21. The molecular formula is C17H24N6O. The van der Waals surface area contributed by atoms with E-state index in [0.29, 0.717) is 13.0 Å². The van der Waals surface area contributed by atoms with Crippen molar-refractivity contribution in [1.29, 1.82) is 0 Å². The number of urea groups is 1. The van der Waals surface area contributed by atoms with Crippen molar-refractivity contribution >= 4 is 6.03 Å². The van der Waals surface area contributed by atoms with Crippen molar-refractivity contribution in [2.75, 3.05) is 13.1 Å². The van der Waals surface area contributed by atoms with Gasteiger partial charge in [-0.3, -0.25) is 0 Å². The van der Waals surface area contributed by atoms with Crippen molar-refractivity contribution in [2.24, 2.45) is 7.05 Å². The van der Waals surface area contributed by atoms with Crippen LogP contribution in [-0.4, -0.2) is 50.3 Å². The second-order valence-electron chi connectivity index (χ2n) is 6.38. The number of carbonyl (C=O) groups is 1. The zero-order chi connectivity index (χ0) is 16.9. The standard InChI is InChI=1S/C17H24N6O/c1-13-5-7-14(8-6-13)12-15-4-3-11-23(15)17(24)18-10-9-16-19-20-21-22(16)2/h5-8,15H,3-4,9-12H2,1-2H3,(H,18,24). The SMILES string of the molecule is Cc1ccc(CC2CCCN2C(=O)NCCc2nnnn2C)cc1. The summed E-state index contributed by atoms with van der Waals surface area (Å²) in [5.41, 5.74) is 2.55. The van der Waals surface area contributed by atoms with Crippen LogP contribution in [0.3, 0.4) is 0 Å². The Kier molecular flexibility index (Phi) is 5.08. The normalized spacial score (nSPS) is 17.2.